The normalized spacial score (nSPS) is 10.7. The van der Waals surface area contributed by atoms with Crippen molar-refractivity contribution >= 4 is 23.2 Å². The third kappa shape index (κ3) is 5.62. The number of aromatic nitrogens is 1. The Labute approximate surface area is 155 Å². The van der Waals surface area contributed by atoms with E-state index in [1.165, 1.54) is 19.9 Å². The van der Waals surface area contributed by atoms with Crippen molar-refractivity contribution in [1.82, 2.24) is 4.98 Å². The Bertz CT molecular complexity index is 769. The van der Waals surface area contributed by atoms with Crippen molar-refractivity contribution in [2.24, 2.45) is 0 Å². The minimum atomic E-state index is -4.47. The third-order valence-electron chi connectivity index (χ3n) is 3.11. The average molecular weight is 389 g/mol. The van der Waals surface area contributed by atoms with Crippen molar-refractivity contribution < 1.29 is 22.7 Å². The lowest BCUT2D eigenvalue weighted by Crippen LogP contribution is -2.07. The summed E-state index contributed by atoms with van der Waals surface area (Å²) in [7, 11) is 0. The zero-order valence-corrected chi connectivity index (χ0v) is 15.8. The van der Waals surface area contributed by atoms with E-state index in [2.05, 4.69) is 10.3 Å². The highest BCUT2D eigenvalue weighted by molar-refractivity contribution is 6.32. The van der Waals surface area contributed by atoms with Crippen LogP contribution in [0.4, 0.5) is 18.9 Å². The molecule has 1 aromatic heterocycles. The predicted octanol–water partition coefficient (Wildman–Crippen LogP) is 6.15. The molecule has 0 aliphatic rings. The summed E-state index contributed by atoms with van der Waals surface area (Å²) in [6, 6.07) is 4.09. The van der Waals surface area contributed by atoms with Gasteiger partial charge in [0.1, 0.15) is 0 Å². The van der Waals surface area contributed by atoms with Crippen molar-refractivity contribution in [2.45, 2.75) is 40.8 Å². The van der Waals surface area contributed by atoms with Gasteiger partial charge in [-0.25, -0.2) is 4.98 Å². The van der Waals surface area contributed by atoms with E-state index in [-0.39, 0.29) is 28.1 Å². The van der Waals surface area contributed by atoms with E-state index in [0.717, 1.165) is 6.07 Å². The molecule has 2 aromatic rings. The third-order valence-corrected chi connectivity index (χ3v) is 3.39. The van der Waals surface area contributed by atoms with Crippen LogP contribution < -0.4 is 10.1 Å². The van der Waals surface area contributed by atoms with E-state index in [4.69, 9.17) is 16.3 Å². The molecule has 8 heteroatoms. The largest absolute Gasteiger partial charge is 0.437 e. The molecule has 0 fully saturated rings. The van der Waals surface area contributed by atoms with Crippen molar-refractivity contribution in [3.63, 3.8) is 0 Å². The Morgan fingerprint density at radius 2 is 1.77 bits per heavy atom. The fourth-order valence-corrected chi connectivity index (χ4v) is 2.36. The van der Waals surface area contributed by atoms with E-state index >= 15 is 0 Å². The quantitative estimate of drug-likeness (QED) is 0.686. The number of halogens is 4. The van der Waals surface area contributed by atoms with E-state index in [9.17, 15) is 18.0 Å². The zero-order chi connectivity index (χ0) is 20.1. The molecule has 0 atom stereocenters. The molecule has 2 rings (SSSR count). The number of hydrogen-bond donors (Lipinski definition) is 1. The number of alkyl halides is 3. The highest BCUT2D eigenvalue weighted by atomic mass is 35.5. The maximum absolute atomic E-state index is 12.7. The summed E-state index contributed by atoms with van der Waals surface area (Å²) in [5.74, 6) is 0.0424. The number of nitrogens with zero attached hydrogens (tertiary/aromatic N) is 1. The standard InChI is InChI=1S/C16H14ClF3N2O2.C2H6/c1-8-5-12(22-10(3)23)6-13(17)14(8)24-15-9(2)4-11(7-21-15)16(18,19)20;1-2/h4-7H,1-3H3,(H,22,23);1-2H3. The molecule has 0 saturated carbocycles. The molecule has 0 unspecified atom stereocenters. The molecule has 142 valence electrons. The van der Waals surface area contributed by atoms with E-state index < -0.39 is 11.7 Å². The summed E-state index contributed by atoms with van der Waals surface area (Å²) in [6.45, 7) is 8.53. The van der Waals surface area contributed by atoms with Gasteiger partial charge in [0.15, 0.2) is 5.75 Å². The number of amides is 1. The van der Waals surface area contributed by atoms with Crippen LogP contribution in [-0.2, 0) is 11.0 Å². The molecule has 0 aliphatic carbocycles. The van der Waals surface area contributed by atoms with E-state index in [1.54, 1.807) is 13.0 Å². The Morgan fingerprint density at radius 3 is 2.23 bits per heavy atom. The Balaban J connectivity index is 0.00000163. The van der Waals surface area contributed by atoms with Crippen LogP contribution in [0.1, 0.15) is 37.5 Å². The van der Waals surface area contributed by atoms with Crippen LogP contribution in [0.3, 0.4) is 0 Å². The lowest BCUT2D eigenvalue weighted by atomic mass is 10.2. The minimum Gasteiger partial charge on any atom is -0.437 e. The molecule has 1 heterocycles. The van der Waals surface area contributed by atoms with Gasteiger partial charge in [-0.3, -0.25) is 4.79 Å². The second-order valence-corrected chi connectivity index (χ2v) is 5.64. The van der Waals surface area contributed by atoms with Crippen LogP contribution >= 0.6 is 11.6 Å². The molecule has 0 aliphatic heterocycles. The highest BCUT2D eigenvalue weighted by Gasteiger charge is 2.31. The van der Waals surface area contributed by atoms with Gasteiger partial charge in [0, 0.05) is 24.4 Å². The Hall–Kier alpha value is -2.28. The van der Waals surface area contributed by atoms with Gasteiger partial charge >= 0.3 is 6.18 Å². The maximum atomic E-state index is 12.7. The van der Waals surface area contributed by atoms with Crippen molar-refractivity contribution in [3.05, 3.63) is 46.1 Å². The van der Waals surface area contributed by atoms with Crippen molar-refractivity contribution in [3.8, 4) is 11.6 Å². The summed E-state index contributed by atoms with van der Waals surface area (Å²) in [5.41, 5.74) is 0.476. The summed E-state index contributed by atoms with van der Waals surface area (Å²) in [6.07, 6.45) is -3.76. The van der Waals surface area contributed by atoms with Gasteiger partial charge < -0.3 is 10.1 Å². The van der Waals surface area contributed by atoms with Gasteiger partial charge in [-0.05, 0) is 37.6 Å². The fourth-order valence-electron chi connectivity index (χ4n) is 2.06. The summed E-state index contributed by atoms with van der Waals surface area (Å²) >= 11 is 6.14. The average Bonchev–Trinajstić information content (AvgIpc) is 2.52. The van der Waals surface area contributed by atoms with Crippen LogP contribution in [0.2, 0.25) is 5.02 Å². The molecule has 0 bridgehead atoms. The van der Waals surface area contributed by atoms with Gasteiger partial charge in [-0.15, -0.1) is 0 Å². The number of carbonyl (C=O) groups is 1. The van der Waals surface area contributed by atoms with Gasteiger partial charge in [0.05, 0.1) is 10.6 Å². The number of nitrogens with one attached hydrogen (secondary N) is 1. The second kappa shape index (κ2) is 8.89. The van der Waals surface area contributed by atoms with Gasteiger partial charge in [-0.1, -0.05) is 25.4 Å². The summed E-state index contributed by atoms with van der Waals surface area (Å²) < 4.78 is 43.6. The molecule has 0 saturated heterocycles. The van der Waals surface area contributed by atoms with Gasteiger partial charge in [0.2, 0.25) is 11.8 Å². The number of hydrogen-bond acceptors (Lipinski definition) is 3. The van der Waals surface area contributed by atoms with Crippen molar-refractivity contribution in [2.75, 3.05) is 5.32 Å². The first-order valence-electron chi connectivity index (χ1n) is 7.87. The minimum absolute atomic E-state index is 0.0280. The van der Waals surface area contributed by atoms with E-state index in [1.807, 2.05) is 13.8 Å². The monoisotopic (exact) mass is 388 g/mol. The Kier molecular flexibility index (Phi) is 7.44. The first-order chi connectivity index (χ1) is 12.1. The molecule has 1 N–H and O–H groups in total. The predicted molar refractivity (Wildman–Crippen MR) is 95.9 cm³/mol. The van der Waals surface area contributed by atoms with Crippen LogP contribution in [0.25, 0.3) is 0 Å². The summed E-state index contributed by atoms with van der Waals surface area (Å²) in [4.78, 5) is 14.8. The first-order valence-corrected chi connectivity index (χ1v) is 8.25. The highest BCUT2D eigenvalue weighted by Crippen LogP contribution is 2.37. The molecule has 26 heavy (non-hydrogen) atoms. The Morgan fingerprint density at radius 1 is 1.15 bits per heavy atom. The second-order valence-electron chi connectivity index (χ2n) is 5.23. The number of rotatable bonds is 3. The SMILES string of the molecule is CC.CC(=O)Nc1cc(C)c(Oc2ncc(C(F)(F)F)cc2C)c(Cl)c1. The first kappa shape index (κ1) is 21.8. The fraction of sp³-hybridized carbons (Fsp3) is 0.333. The van der Waals surface area contributed by atoms with Crippen LogP contribution in [0.5, 0.6) is 11.6 Å². The lowest BCUT2D eigenvalue weighted by Gasteiger charge is -2.14. The number of carbonyl (C=O) groups excluding carboxylic acids is 1. The zero-order valence-electron chi connectivity index (χ0n) is 15.1. The van der Waals surface area contributed by atoms with Gasteiger partial charge in [0.25, 0.3) is 0 Å². The summed E-state index contributed by atoms with van der Waals surface area (Å²) in [5, 5.41) is 2.80. The number of benzene rings is 1. The smallest absolute Gasteiger partial charge is 0.417 e. The number of ether oxygens (including phenoxy) is 1. The number of pyridine rings is 1. The topological polar surface area (TPSA) is 51.2 Å². The molecule has 4 nitrogen and oxygen atoms in total. The molecule has 0 spiro atoms. The number of anilines is 1. The molecular weight excluding hydrogens is 369 g/mol. The van der Waals surface area contributed by atoms with Crippen LogP contribution in [0.15, 0.2) is 24.4 Å². The lowest BCUT2D eigenvalue weighted by molar-refractivity contribution is -0.137. The van der Waals surface area contributed by atoms with Crippen molar-refractivity contribution in [1.29, 1.82) is 0 Å². The van der Waals surface area contributed by atoms with E-state index in [0.29, 0.717) is 17.4 Å². The van der Waals surface area contributed by atoms with Gasteiger partial charge in [-0.2, -0.15) is 13.2 Å². The molecule has 1 aromatic carbocycles. The van der Waals surface area contributed by atoms with Crippen LogP contribution in [0, 0.1) is 13.8 Å². The molecular formula is C18H20ClF3N2O2. The number of aryl methyl sites for hydroxylation is 2. The molecule has 0 radical (unpaired) electrons. The molecule has 1 amide bonds. The maximum Gasteiger partial charge on any atom is 0.417 e. The van der Waals surface area contributed by atoms with Crippen LogP contribution in [-0.4, -0.2) is 10.9 Å².